The molecule has 0 aromatic carbocycles. The second kappa shape index (κ2) is 4.87. The van der Waals surface area contributed by atoms with Crippen LogP contribution in [0.2, 0.25) is 0 Å². The van der Waals surface area contributed by atoms with Crippen molar-refractivity contribution in [2.45, 2.75) is 38.8 Å². The van der Waals surface area contributed by atoms with E-state index in [9.17, 15) is 9.59 Å². The van der Waals surface area contributed by atoms with E-state index < -0.39 is 5.97 Å². The minimum Gasteiger partial charge on any atom is -0.475 e. The van der Waals surface area contributed by atoms with Crippen LogP contribution >= 0.6 is 0 Å². The van der Waals surface area contributed by atoms with Crippen LogP contribution in [0, 0.1) is 5.41 Å². The van der Waals surface area contributed by atoms with E-state index >= 15 is 0 Å². The summed E-state index contributed by atoms with van der Waals surface area (Å²) in [6, 6.07) is 2.69. The molecule has 1 amide bonds. The van der Waals surface area contributed by atoms with E-state index in [1.807, 2.05) is 6.92 Å². The van der Waals surface area contributed by atoms with Crippen molar-refractivity contribution in [3.8, 4) is 0 Å². The van der Waals surface area contributed by atoms with Crippen molar-refractivity contribution in [2.24, 2.45) is 5.41 Å². The highest BCUT2D eigenvalue weighted by molar-refractivity contribution is 5.93. The van der Waals surface area contributed by atoms with Crippen LogP contribution in [0.4, 0.5) is 0 Å². The zero-order chi connectivity index (χ0) is 16.0. The number of hydrogen-bond acceptors (Lipinski definition) is 4. The van der Waals surface area contributed by atoms with E-state index in [4.69, 9.17) is 14.3 Å². The summed E-state index contributed by atoms with van der Waals surface area (Å²) in [5.41, 5.74) is -0.476. The number of carboxylic acid groups (broad SMARTS) is 1. The van der Waals surface area contributed by atoms with Crippen LogP contribution in [-0.2, 0) is 4.74 Å². The molecule has 0 saturated heterocycles. The number of carbonyl (C=O) groups is 2. The van der Waals surface area contributed by atoms with E-state index in [-0.39, 0.29) is 34.5 Å². The van der Waals surface area contributed by atoms with Crippen molar-refractivity contribution in [1.82, 2.24) is 4.90 Å². The third-order valence-electron chi connectivity index (χ3n) is 5.04. The predicted octanol–water partition coefficient (Wildman–Crippen LogP) is 2.25. The number of carboxylic acids is 1. The Hall–Kier alpha value is -1.82. The normalized spacial score (nSPS) is 27.0. The molecule has 0 radical (unpaired) electrons. The average Bonchev–Trinajstić information content (AvgIpc) is 2.92. The summed E-state index contributed by atoms with van der Waals surface area (Å²) in [5, 5.41) is 8.83. The fourth-order valence-corrected chi connectivity index (χ4v) is 2.96. The monoisotopic (exact) mass is 295 g/mol. The van der Waals surface area contributed by atoms with Gasteiger partial charge in [0.2, 0.25) is 5.76 Å². The van der Waals surface area contributed by atoms with Gasteiger partial charge in [-0.25, -0.2) is 4.79 Å². The summed E-state index contributed by atoms with van der Waals surface area (Å²) in [5.74, 6) is -1.70. The Balaban J connectivity index is 2.15. The number of amides is 1. The topological polar surface area (TPSA) is 80.0 Å². The number of carbonyl (C=O) groups excluding carboxylic acids is 1. The Kier molecular flexibility index (Phi) is 3.61. The molecule has 1 aliphatic carbocycles. The van der Waals surface area contributed by atoms with Gasteiger partial charge in [-0.1, -0.05) is 13.8 Å². The first-order chi connectivity index (χ1) is 9.64. The third kappa shape index (κ3) is 2.23. The van der Waals surface area contributed by atoms with E-state index in [1.54, 1.807) is 19.1 Å². The maximum absolute atomic E-state index is 12.4. The van der Waals surface area contributed by atoms with E-state index in [0.29, 0.717) is 0 Å². The third-order valence-corrected chi connectivity index (χ3v) is 5.04. The summed E-state index contributed by atoms with van der Waals surface area (Å²) in [4.78, 5) is 24.8. The van der Waals surface area contributed by atoms with Gasteiger partial charge in [-0.05, 0) is 25.5 Å². The average molecular weight is 295 g/mol. The number of rotatable bonds is 4. The molecule has 0 spiro atoms. The number of hydrogen-bond donors (Lipinski definition) is 1. The number of furan rings is 1. The van der Waals surface area contributed by atoms with Gasteiger partial charge in [0.1, 0.15) is 0 Å². The molecule has 1 saturated carbocycles. The largest absolute Gasteiger partial charge is 0.475 e. The lowest BCUT2D eigenvalue weighted by atomic mass is 9.55. The van der Waals surface area contributed by atoms with Crippen LogP contribution in [-0.4, -0.2) is 47.7 Å². The highest BCUT2D eigenvalue weighted by Gasteiger charge is 2.60. The first-order valence-electron chi connectivity index (χ1n) is 6.79. The molecule has 2 atom stereocenters. The summed E-state index contributed by atoms with van der Waals surface area (Å²) in [6.45, 7) is 6.13. The molecule has 6 nitrogen and oxygen atoms in total. The lowest BCUT2D eigenvalue weighted by Gasteiger charge is -2.61. The molecule has 1 heterocycles. The van der Waals surface area contributed by atoms with Gasteiger partial charge >= 0.3 is 5.97 Å². The molecule has 1 aliphatic rings. The second-order valence-corrected chi connectivity index (χ2v) is 6.26. The zero-order valence-electron chi connectivity index (χ0n) is 13.0. The van der Waals surface area contributed by atoms with Crippen molar-refractivity contribution >= 4 is 11.9 Å². The van der Waals surface area contributed by atoms with Crippen molar-refractivity contribution in [2.75, 3.05) is 14.2 Å². The molecule has 116 valence electrons. The molecule has 0 aliphatic heterocycles. The Bertz CT molecular complexity index is 576. The quantitative estimate of drug-likeness (QED) is 0.921. The van der Waals surface area contributed by atoms with Crippen LogP contribution in [0.3, 0.4) is 0 Å². The highest BCUT2D eigenvalue weighted by atomic mass is 16.5. The highest BCUT2D eigenvalue weighted by Crippen LogP contribution is 2.53. The van der Waals surface area contributed by atoms with E-state index in [2.05, 4.69) is 13.8 Å². The zero-order valence-corrected chi connectivity index (χ0v) is 13.0. The standard InChI is InChI=1S/C15H21NO5/c1-14(2)11(8-15(14,3)20-5)16(4)12(17)9-6-7-10(21-9)13(18)19/h6-7,11H,8H2,1-5H3,(H,18,19)/t11-,15-/m1/s1. The Morgan fingerprint density at radius 2 is 1.90 bits per heavy atom. The Labute approximate surface area is 123 Å². The maximum atomic E-state index is 12.4. The van der Waals surface area contributed by atoms with Crippen molar-refractivity contribution in [3.05, 3.63) is 23.7 Å². The van der Waals surface area contributed by atoms with Gasteiger partial charge in [0, 0.05) is 25.6 Å². The summed E-state index contributed by atoms with van der Waals surface area (Å²) in [7, 11) is 3.37. The van der Waals surface area contributed by atoms with Gasteiger partial charge < -0.3 is 19.2 Å². The number of methoxy groups -OCH3 is 1. The number of ether oxygens (including phenoxy) is 1. The van der Waals surface area contributed by atoms with Crippen molar-refractivity contribution < 1.29 is 23.8 Å². The molecular weight excluding hydrogens is 274 g/mol. The molecule has 1 fully saturated rings. The van der Waals surface area contributed by atoms with Gasteiger partial charge in [-0.15, -0.1) is 0 Å². The van der Waals surface area contributed by atoms with Gasteiger partial charge in [0.05, 0.1) is 5.60 Å². The van der Waals surface area contributed by atoms with Gasteiger partial charge in [-0.3, -0.25) is 4.79 Å². The molecule has 0 unspecified atom stereocenters. The van der Waals surface area contributed by atoms with Crippen LogP contribution in [0.25, 0.3) is 0 Å². The number of aromatic carboxylic acids is 1. The molecule has 1 aromatic heterocycles. The lowest BCUT2D eigenvalue weighted by Crippen LogP contribution is -2.68. The Morgan fingerprint density at radius 3 is 2.33 bits per heavy atom. The van der Waals surface area contributed by atoms with Crippen molar-refractivity contribution in [3.63, 3.8) is 0 Å². The predicted molar refractivity (Wildman–Crippen MR) is 75.4 cm³/mol. The van der Waals surface area contributed by atoms with Crippen LogP contribution in [0.15, 0.2) is 16.5 Å². The fraction of sp³-hybridized carbons (Fsp3) is 0.600. The molecule has 21 heavy (non-hydrogen) atoms. The van der Waals surface area contributed by atoms with Crippen LogP contribution in [0.5, 0.6) is 0 Å². The lowest BCUT2D eigenvalue weighted by molar-refractivity contribution is -0.198. The van der Waals surface area contributed by atoms with Crippen LogP contribution in [0.1, 0.15) is 48.3 Å². The van der Waals surface area contributed by atoms with Gasteiger partial charge in [0.15, 0.2) is 5.76 Å². The second-order valence-electron chi connectivity index (χ2n) is 6.26. The molecule has 6 heteroatoms. The molecule has 2 rings (SSSR count). The molecule has 1 N–H and O–H groups in total. The maximum Gasteiger partial charge on any atom is 0.371 e. The first kappa shape index (κ1) is 15.6. The molecule has 0 bridgehead atoms. The van der Waals surface area contributed by atoms with Crippen molar-refractivity contribution in [1.29, 1.82) is 0 Å². The molecule has 1 aromatic rings. The summed E-state index contributed by atoms with van der Waals surface area (Å²) < 4.78 is 10.6. The first-order valence-corrected chi connectivity index (χ1v) is 6.79. The smallest absolute Gasteiger partial charge is 0.371 e. The van der Waals surface area contributed by atoms with E-state index in [0.717, 1.165) is 6.42 Å². The van der Waals surface area contributed by atoms with Crippen LogP contribution < -0.4 is 0 Å². The number of nitrogens with zero attached hydrogens (tertiary/aromatic N) is 1. The van der Waals surface area contributed by atoms with Gasteiger partial charge in [0.25, 0.3) is 5.91 Å². The van der Waals surface area contributed by atoms with E-state index in [1.165, 1.54) is 12.1 Å². The van der Waals surface area contributed by atoms with Gasteiger partial charge in [-0.2, -0.15) is 0 Å². The summed E-state index contributed by atoms with van der Waals surface area (Å²) >= 11 is 0. The minimum absolute atomic E-state index is 0.00771. The Morgan fingerprint density at radius 1 is 1.33 bits per heavy atom. The minimum atomic E-state index is -1.19. The fourth-order valence-electron chi connectivity index (χ4n) is 2.96. The summed E-state index contributed by atoms with van der Waals surface area (Å²) in [6.07, 6.45) is 0.727. The molecular formula is C15H21NO5. The SMILES string of the molecule is CO[C@]1(C)C[C@@H](N(C)C(=O)c2ccc(C(=O)O)o2)C1(C)C.